The predicted octanol–water partition coefficient (Wildman–Crippen LogP) is 3.74. The third kappa shape index (κ3) is 4.01. The van der Waals surface area contributed by atoms with Crippen LogP contribution in [0.15, 0.2) is 23.6 Å². The highest BCUT2D eigenvalue weighted by Gasteiger charge is 2.21. The molecule has 1 atom stereocenters. The van der Waals surface area contributed by atoms with Crippen molar-refractivity contribution in [3.63, 3.8) is 0 Å². The van der Waals surface area contributed by atoms with Crippen molar-refractivity contribution in [3.8, 4) is 0 Å². The van der Waals surface area contributed by atoms with Crippen molar-refractivity contribution < 1.29 is 0 Å². The van der Waals surface area contributed by atoms with Gasteiger partial charge in [0.2, 0.25) is 0 Å². The zero-order chi connectivity index (χ0) is 10.5. The largest absolute Gasteiger partial charge is 0.274 e. The van der Waals surface area contributed by atoms with Crippen LogP contribution in [0.5, 0.6) is 0 Å². The summed E-state index contributed by atoms with van der Waals surface area (Å²) in [5.74, 6) is 0.455. The molecule has 0 aromatic carbocycles. The molecule has 0 amide bonds. The first kappa shape index (κ1) is 12.8. The fourth-order valence-corrected chi connectivity index (χ4v) is 2.08. The third-order valence-electron chi connectivity index (χ3n) is 2.18. The van der Waals surface area contributed by atoms with E-state index >= 15 is 0 Å². The van der Waals surface area contributed by atoms with Crippen molar-refractivity contribution in [1.82, 2.24) is 0 Å². The topological polar surface area (TPSA) is 26.0 Å². The molecule has 0 aliphatic rings. The van der Waals surface area contributed by atoms with Crippen molar-refractivity contribution in [2.45, 2.75) is 34.1 Å². The second-order valence-electron chi connectivity index (χ2n) is 4.21. The van der Waals surface area contributed by atoms with Crippen molar-refractivity contribution in [2.24, 2.45) is 16.5 Å². The second kappa shape index (κ2) is 5.51. The molecule has 0 saturated heterocycles. The lowest BCUT2D eigenvalue weighted by atomic mass is 9.79. The van der Waals surface area contributed by atoms with Crippen LogP contribution < -0.4 is 5.14 Å². The van der Waals surface area contributed by atoms with Crippen LogP contribution in [0.25, 0.3) is 0 Å². The van der Waals surface area contributed by atoms with E-state index in [2.05, 4.69) is 39.7 Å². The fraction of sp³-hybridized carbons (Fsp3) is 0.636. The van der Waals surface area contributed by atoms with Gasteiger partial charge >= 0.3 is 0 Å². The Kier molecular flexibility index (Phi) is 5.42. The molecule has 0 heterocycles. The second-order valence-corrected chi connectivity index (χ2v) is 4.72. The van der Waals surface area contributed by atoms with Crippen molar-refractivity contribution in [2.75, 3.05) is 0 Å². The lowest BCUT2D eigenvalue weighted by molar-refractivity contribution is 0.448. The molecule has 0 aromatic rings. The van der Waals surface area contributed by atoms with E-state index in [1.54, 1.807) is 0 Å². The van der Waals surface area contributed by atoms with Crippen LogP contribution in [-0.4, -0.2) is 0 Å². The molecule has 76 valence electrons. The first-order valence-corrected chi connectivity index (χ1v) is 5.60. The number of rotatable bonds is 4. The maximum absolute atomic E-state index is 5.48. The lowest BCUT2D eigenvalue weighted by Gasteiger charge is -2.28. The van der Waals surface area contributed by atoms with Crippen LogP contribution in [0.4, 0.5) is 0 Å². The smallest absolute Gasteiger partial charge is 0.00147 e. The maximum Gasteiger partial charge on any atom is -0.00147 e. The molecule has 1 nitrogen and oxygen atoms in total. The van der Waals surface area contributed by atoms with Crippen LogP contribution in [0, 0.1) is 11.3 Å². The first-order chi connectivity index (χ1) is 5.97. The van der Waals surface area contributed by atoms with Gasteiger partial charge in [-0.15, -0.1) is 6.58 Å². The average Bonchev–Trinajstić information content (AvgIpc) is 2.03. The quantitative estimate of drug-likeness (QED) is 0.551. The van der Waals surface area contributed by atoms with Crippen LogP contribution in [-0.2, 0) is 0 Å². The number of nitrogens with two attached hydrogens (primary N) is 1. The van der Waals surface area contributed by atoms with Gasteiger partial charge in [0.05, 0.1) is 0 Å². The minimum absolute atomic E-state index is 0.182. The molecule has 0 aliphatic heterocycles. The maximum atomic E-state index is 5.48. The van der Waals surface area contributed by atoms with Crippen LogP contribution >= 0.6 is 11.9 Å². The molecule has 1 unspecified atom stereocenters. The van der Waals surface area contributed by atoms with Crippen molar-refractivity contribution in [1.29, 1.82) is 0 Å². The van der Waals surface area contributed by atoms with Crippen LogP contribution in [0.3, 0.4) is 0 Å². The molecular weight excluding hydrogens is 178 g/mol. The van der Waals surface area contributed by atoms with Crippen LogP contribution in [0.2, 0.25) is 0 Å². The Labute approximate surface area is 86.6 Å². The highest BCUT2D eigenvalue weighted by molar-refractivity contribution is 8.00. The lowest BCUT2D eigenvalue weighted by Crippen LogP contribution is -2.16. The summed E-state index contributed by atoms with van der Waals surface area (Å²) in [5, 5.41) is 7.53. The molecular formula is C11H21NS. The Hall–Kier alpha value is -0.210. The van der Waals surface area contributed by atoms with Gasteiger partial charge in [0.1, 0.15) is 0 Å². The van der Waals surface area contributed by atoms with E-state index in [1.807, 2.05) is 6.08 Å². The summed E-state index contributed by atoms with van der Waals surface area (Å²) in [6.07, 6.45) is 3.10. The summed E-state index contributed by atoms with van der Waals surface area (Å²) >= 11 is 1.29. The van der Waals surface area contributed by atoms with Crippen molar-refractivity contribution >= 4 is 11.9 Å². The van der Waals surface area contributed by atoms with Gasteiger partial charge < -0.3 is 0 Å². The Balaban J connectivity index is 4.80. The standard InChI is InChI=1S/C11H21NS/c1-6-9(7-2)10(8-13-12)11(3,4)5/h6,8-9H,1,7,12H2,2-5H3/b10-8+. The van der Waals surface area contributed by atoms with Gasteiger partial charge in [-0.2, -0.15) is 0 Å². The Bertz CT molecular complexity index is 189. The number of hydrogen-bond acceptors (Lipinski definition) is 2. The highest BCUT2D eigenvalue weighted by atomic mass is 32.2. The van der Waals surface area contributed by atoms with E-state index < -0.39 is 0 Å². The summed E-state index contributed by atoms with van der Waals surface area (Å²) in [5.41, 5.74) is 1.55. The minimum atomic E-state index is 0.182. The molecule has 0 spiro atoms. The molecule has 0 radical (unpaired) electrons. The monoisotopic (exact) mass is 199 g/mol. The van der Waals surface area contributed by atoms with Gasteiger partial charge in [-0.05, 0) is 23.2 Å². The molecule has 0 aliphatic carbocycles. The summed E-state index contributed by atoms with van der Waals surface area (Å²) in [4.78, 5) is 0. The van der Waals surface area contributed by atoms with E-state index in [9.17, 15) is 0 Å². The minimum Gasteiger partial charge on any atom is -0.274 e. The van der Waals surface area contributed by atoms with Gasteiger partial charge in [-0.3, -0.25) is 5.14 Å². The zero-order valence-corrected chi connectivity index (χ0v) is 9.95. The molecule has 0 bridgehead atoms. The molecule has 2 heteroatoms. The van der Waals surface area contributed by atoms with Gasteiger partial charge in [0, 0.05) is 0 Å². The van der Waals surface area contributed by atoms with Gasteiger partial charge in [-0.25, -0.2) is 0 Å². The number of hydrogen-bond donors (Lipinski definition) is 1. The van der Waals surface area contributed by atoms with E-state index in [-0.39, 0.29) is 5.41 Å². The Morgan fingerprint density at radius 3 is 2.31 bits per heavy atom. The third-order valence-corrected chi connectivity index (χ3v) is 2.57. The summed E-state index contributed by atoms with van der Waals surface area (Å²) in [6, 6.07) is 0. The first-order valence-electron chi connectivity index (χ1n) is 4.66. The summed E-state index contributed by atoms with van der Waals surface area (Å²) < 4.78 is 0. The molecule has 0 rings (SSSR count). The average molecular weight is 199 g/mol. The zero-order valence-electron chi connectivity index (χ0n) is 9.13. The van der Waals surface area contributed by atoms with Gasteiger partial charge in [-0.1, -0.05) is 51.3 Å². The van der Waals surface area contributed by atoms with E-state index in [4.69, 9.17) is 5.14 Å². The molecule has 0 fully saturated rings. The van der Waals surface area contributed by atoms with E-state index in [0.717, 1.165) is 6.42 Å². The Morgan fingerprint density at radius 1 is 1.54 bits per heavy atom. The number of allylic oxidation sites excluding steroid dienone is 2. The SMILES string of the molecule is C=CC(CC)/C(=C\SN)C(C)(C)C. The van der Waals surface area contributed by atoms with Crippen molar-refractivity contribution in [3.05, 3.63) is 23.6 Å². The van der Waals surface area contributed by atoms with Gasteiger partial charge in [0.15, 0.2) is 0 Å². The highest BCUT2D eigenvalue weighted by Crippen LogP contribution is 2.34. The predicted molar refractivity (Wildman–Crippen MR) is 63.3 cm³/mol. The fourth-order valence-electron chi connectivity index (χ4n) is 1.41. The van der Waals surface area contributed by atoms with Gasteiger partial charge in [0.25, 0.3) is 0 Å². The van der Waals surface area contributed by atoms with E-state index in [0.29, 0.717) is 5.92 Å². The molecule has 2 N–H and O–H groups in total. The molecule has 0 saturated carbocycles. The molecule has 13 heavy (non-hydrogen) atoms. The van der Waals surface area contributed by atoms with E-state index in [1.165, 1.54) is 17.5 Å². The summed E-state index contributed by atoms with van der Waals surface area (Å²) in [6.45, 7) is 12.7. The summed E-state index contributed by atoms with van der Waals surface area (Å²) in [7, 11) is 0. The van der Waals surface area contributed by atoms with Crippen LogP contribution in [0.1, 0.15) is 34.1 Å². The normalized spacial score (nSPS) is 15.6. The Morgan fingerprint density at radius 2 is 2.08 bits per heavy atom. The molecule has 0 aromatic heterocycles.